The van der Waals surface area contributed by atoms with E-state index in [0.717, 1.165) is 5.69 Å². The average molecular weight is 137 g/mol. The maximum absolute atomic E-state index is 4.08. The van der Waals surface area contributed by atoms with Crippen molar-refractivity contribution < 1.29 is 0 Å². The van der Waals surface area contributed by atoms with Gasteiger partial charge in [0.05, 0.1) is 5.69 Å². The van der Waals surface area contributed by atoms with Crippen molar-refractivity contribution in [1.29, 1.82) is 0 Å². The molecule has 0 saturated heterocycles. The molecule has 1 aromatic heterocycles. The summed E-state index contributed by atoms with van der Waals surface area (Å²) in [6.07, 6.45) is 3.30. The normalized spacial score (nSPS) is 13.0. The summed E-state index contributed by atoms with van der Waals surface area (Å²) >= 11 is 0. The van der Waals surface area contributed by atoms with Gasteiger partial charge in [0.15, 0.2) is 0 Å². The minimum atomic E-state index is 0.308. The summed E-state index contributed by atoms with van der Waals surface area (Å²) in [4.78, 5) is 7.90. The third kappa shape index (κ3) is 1.51. The molecule has 3 heteroatoms. The summed E-state index contributed by atoms with van der Waals surface area (Å²) < 4.78 is 0. The van der Waals surface area contributed by atoms with E-state index in [2.05, 4.69) is 22.2 Å². The van der Waals surface area contributed by atoms with Gasteiger partial charge in [0.2, 0.25) is 0 Å². The molecular weight excluding hydrogens is 126 g/mol. The second-order valence-corrected chi connectivity index (χ2v) is 2.14. The van der Waals surface area contributed by atoms with E-state index >= 15 is 0 Å². The van der Waals surface area contributed by atoms with Crippen LogP contribution in [0, 0.1) is 0 Å². The maximum atomic E-state index is 4.08. The summed E-state index contributed by atoms with van der Waals surface area (Å²) in [5.74, 6) is 0. The van der Waals surface area contributed by atoms with Crippen LogP contribution < -0.4 is 5.32 Å². The number of nitrogens with zero attached hydrogens (tertiary/aromatic N) is 2. The van der Waals surface area contributed by atoms with Crippen LogP contribution in [0.15, 0.2) is 18.6 Å². The van der Waals surface area contributed by atoms with Crippen LogP contribution in [-0.2, 0) is 0 Å². The van der Waals surface area contributed by atoms with Crippen molar-refractivity contribution in [3.8, 4) is 0 Å². The second-order valence-electron chi connectivity index (χ2n) is 2.14. The van der Waals surface area contributed by atoms with Crippen molar-refractivity contribution >= 4 is 0 Å². The second kappa shape index (κ2) is 3.27. The topological polar surface area (TPSA) is 37.8 Å². The van der Waals surface area contributed by atoms with Gasteiger partial charge in [-0.3, -0.25) is 0 Å². The van der Waals surface area contributed by atoms with E-state index < -0.39 is 0 Å². The van der Waals surface area contributed by atoms with Crippen molar-refractivity contribution in [2.24, 2.45) is 0 Å². The minimum absolute atomic E-state index is 0.308. The molecule has 1 N–H and O–H groups in total. The number of hydrogen-bond donors (Lipinski definition) is 1. The van der Waals surface area contributed by atoms with Gasteiger partial charge in [0, 0.05) is 12.2 Å². The molecule has 10 heavy (non-hydrogen) atoms. The van der Waals surface area contributed by atoms with Crippen LogP contribution in [0.25, 0.3) is 0 Å². The van der Waals surface area contributed by atoms with Crippen molar-refractivity contribution in [2.45, 2.75) is 13.0 Å². The molecule has 1 aromatic rings. The molecule has 0 aliphatic heterocycles. The van der Waals surface area contributed by atoms with Gasteiger partial charge < -0.3 is 5.32 Å². The van der Waals surface area contributed by atoms with Gasteiger partial charge in [0.1, 0.15) is 6.33 Å². The van der Waals surface area contributed by atoms with Crippen molar-refractivity contribution in [1.82, 2.24) is 15.3 Å². The summed E-state index contributed by atoms with van der Waals surface area (Å²) in [6, 6.07) is 2.21. The largest absolute Gasteiger partial charge is 0.312 e. The zero-order chi connectivity index (χ0) is 7.40. The van der Waals surface area contributed by atoms with Crippen molar-refractivity contribution in [3.63, 3.8) is 0 Å². The van der Waals surface area contributed by atoms with Crippen LogP contribution >= 0.6 is 0 Å². The standard InChI is InChI=1S/C7H11N3/c1-6(8-2)7-3-4-9-5-10-7/h3-6,8H,1-2H3. The number of hydrogen-bond acceptors (Lipinski definition) is 3. The fourth-order valence-electron chi connectivity index (χ4n) is 0.705. The van der Waals surface area contributed by atoms with Gasteiger partial charge in [-0.1, -0.05) is 0 Å². The van der Waals surface area contributed by atoms with Gasteiger partial charge in [-0.05, 0) is 20.0 Å². The Morgan fingerprint density at radius 2 is 2.40 bits per heavy atom. The fraction of sp³-hybridized carbons (Fsp3) is 0.429. The molecule has 0 aliphatic carbocycles. The molecule has 54 valence electrons. The lowest BCUT2D eigenvalue weighted by atomic mass is 10.2. The molecule has 0 spiro atoms. The summed E-state index contributed by atoms with van der Waals surface area (Å²) in [6.45, 7) is 2.06. The Balaban J connectivity index is 2.75. The average Bonchev–Trinajstić information content (AvgIpc) is 2.05. The third-order valence-corrected chi connectivity index (χ3v) is 1.48. The zero-order valence-corrected chi connectivity index (χ0v) is 6.20. The molecular formula is C7H11N3. The van der Waals surface area contributed by atoms with Crippen LogP contribution in [0.2, 0.25) is 0 Å². The Hall–Kier alpha value is -0.960. The lowest BCUT2D eigenvalue weighted by Crippen LogP contribution is -2.13. The first-order valence-electron chi connectivity index (χ1n) is 3.27. The molecule has 3 nitrogen and oxygen atoms in total. The smallest absolute Gasteiger partial charge is 0.115 e. The molecule has 0 aliphatic rings. The van der Waals surface area contributed by atoms with Gasteiger partial charge >= 0.3 is 0 Å². The molecule has 1 rings (SSSR count). The van der Waals surface area contributed by atoms with Crippen LogP contribution in [0.4, 0.5) is 0 Å². The van der Waals surface area contributed by atoms with Gasteiger partial charge in [-0.2, -0.15) is 0 Å². The Bertz CT molecular complexity index is 185. The minimum Gasteiger partial charge on any atom is -0.312 e. The van der Waals surface area contributed by atoms with Crippen LogP contribution in [-0.4, -0.2) is 17.0 Å². The lowest BCUT2D eigenvalue weighted by molar-refractivity contribution is 0.630. The molecule has 0 amide bonds. The molecule has 1 heterocycles. The monoisotopic (exact) mass is 137 g/mol. The van der Waals surface area contributed by atoms with Gasteiger partial charge in [0.25, 0.3) is 0 Å². The third-order valence-electron chi connectivity index (χ3n) is 1.48. The first kappa shape index (κ1) is 7.15. The van der Waals surface area contributed by atoms with Crippen molar-refractivity contribution in [2.75, 3.05) is 7.05 Å². The zero-order valence-electron chi connectivity index (χ0n) is 6.20. The molecule has 0 radical (unpaired) electrons. The summed E-state index contributed by atoms with van der Waals surface area (Å²) in [5.41, 5.74) is 1.03. The highest BCUT2D eigenvalue weighted by atomic mass is 14.9. The van der Waals surface area contributed by atoms with Crippen LogP contribution in [0.3, 0.4) is 0 Å². The van der Waals surface area contributed by atoms with E-state index in [9.17, 15) is 0 Å². The first-order chi connectivity index (χ1) is 4.84. The molecule has 0 bridgehead atoms. The van der Waals surface area contributed by atoms with Crippen LogP contribution in [0.1, 0.15) is 18.7 Å². The van der Waals surface area contributed by atoms with E-state index in [0.29, 0.717) is 6.04 Å². The molecule has 0 aromatic carbocycles. The molecule has 1 atom stereocenters. The van der Waals surface area contributed by atoms with Crippen molar-refractivity contribution in [3.05, 3.63) is 24.3 Å². The highest BCUT2D eigenvalue weighted by molar-refractivity contribution is 5.02. The SMILES string of the molecule is CNC(C)c1ccncn1. The summed E-state index contributed by atoms with van der Waals surface area (Å²) in [7, 11) is 1.91. The van der Waals surface area contributed by atoms with Gasteiger partial charge in [-0.15, -0.1) is 0 Å². The number of aromatic nitrogens is 2. The van der Waals surface area contributed by atoms with E-state index in [4.69, 9.17) is 0 Å². The first-order valence-corrected chi connectivity index (χ1v) is 3.27. The predicted molar refractivity (Wildman–Crippen MR) is 39.5 cm³/mol. The fourth-order valence-corrected chi connectivity index (χ4v) is 0.705. The number of rotatable bonds is 2. The Labute approximate surface area is 60.5 Å². The van der Waals surface area contributed by atoms with Gasteiger partial charge in [-0.25, -0.2) is 9.97 Å². The molecule has 0 fully saturated rings. The number of nitrogens with one attached hydrogen (secondary N) is 1. The van der Waals surface area contributed by atoms with E-state index in [-0.39, 0.29) is 0 Å². The highest BCUT2D eigenvalue weighted by Gasteiger charge is 2.00. The summed E-state index contributed by atoms with van der Waals surface area (Å²) in [5, 5.41) is 3.09. The highest BCUT2D eigenvalue weighted by Crippen LogP contribution is 2.04. The Kier molecular flexibility index (Phi) is 2.34. The Morgan fingerprint density at radius 1 is 1.60 bits per heavy atom. The maximum Gasteiger partial charge on any atom is 0.115 e. The van der Waals surface area contributed by atoms with E-state index in [1.54, 1.807) is 12.5 Å². The quantitative estimate of drug-likeness (QED) is 0.653. The molecule has 1 unspecified atom stereocenters. The van der Waals surface area contributed by atoms with E-state index in [1.807, 2.05) is 13.1 Å². The predicted octanol–water partition coefficient (Wildman–Crippen LogP) is 0.757. The lowest BCUT2D eigenvalue weighted by Gasteiger charge is -2.06. The Morgan fingerprint density at radius 3 is 2.90 bits per heavy atom. The van der Waals surface area contributed by atoms with E-state index in [1.165, 1.54) is 0 Å². The van der Waals surface area contributed by atoms with Crippen LogP contribution in [0.5, 0.6) is 0 Å². The molecule has 0 saturated carbocycles.